The third kappa shape index (κ3) is 2.72. The van der Waals surface area contributed by atoms with Crippen LogP contribution in [0.3, 0.4) is 0 Å². The molecule has 0 unspecified atom stereocenters. The first kappa shape index (κ1) is 15.0. The van der Waals surface area contributed by atoms with Crippen molar-refractivity contribution < 1.29 is 9.21 Å². The van der Waals surface area contributed by atoms with E-state index in [1.807, 2.05) is 13.0 Å². The van der Waals surface area contributed by atoms with Gasteiger partial charge in [-0.1, -0.05) is 0 Å². The fraction of sp³-hybridized carbons (Fsp3) is 0.500. The summed E-state index contributed by atoms with van der Waals surface area (Å²) in [7, 11) is 0. The molecule has 0 aromatic carbocycles. The van der Waals surface area contributed by atoms with Crippen molar-refractivity contribution in [2.45, 2.75) is 38.8 Å². The number of nitrogens with one attached hydrogen (secondary N) is 1. The lowest BCUT2D eigenvalue weighted by Crippen LogP contribution is -2.39. The molecule has 1 aliphatic heterocycles. The summed E-state index contributed by atoms with van der Waals surface area (Å²) in [5.74, 6) is 0.537. The summed E-state index contributed by atoms with van der Waals surface area (Å²) < 4.78 is 5.48. The van der Waals surface area contributed by atoms with Crippen molar-refractivity contribution >= 4 is 17.2 Å². The molecule has 4 nitrogen and oxygen atoms in total. The summed E-state index contributed by atoms with van der Waals surface area (Å²) in [6, 6.07) is 4.32. The van der Waals surface area contributed by atoms with Gasteiger partial charge in [0.15, 0.2) is 5.76 Å². The van der Waals surface area contributed by atoms with Gasteiger partial charge in [-0.05, 0) is 73.1 Å². The standard InChI is InChI=1S/C18H22N2O2S/c1-13-2-8-22-16(13)17(21)20(11-14-3-9-23-12-14)15-10-18(15)4-6-19-7-5-18/h2-3,8-9,12,15,19H,4-7,10-11H2,1H3/t15-/m0/s1. The first-order chi connectivity index (χ1) is 11.2. The predicted molar refractivity (Wildman–Crippen MR) is 90.6 cm³/mol. The number of amides is 1. The van der Waals surface area contributed by atoms with Crippen LogP contribution in [0.5, 0.6) is 0 Å². The molecule has 0 radical (unpaired) electrons. The molecule has 1 spiro atoms. The zero-order chi connectivity index (χ0) is 15.9. The third-order valence-corrected chi connectivity index (χ3v) is 6.10. The van der Waals surface area contributed by atoms with Crippen molar-refractivity contribution in [3.8, 4) is 0 Å². The van der Waals surface area contributed by atoms with Crippen molar-refractivity contribution in [2.75, 3.05) is 13.1 Å². The van der Waals surface area contributed by atoms with E-state index >= 15 is 0 Å². The number of piperidine rings is 1. The van der Waals surface area contributed by atoms with Crippen LogP contribution in [0.2, 0.25) is 0 Å². The molecule has 122 valence electrons. The second-order valence-corrected chi connectivity index (χ2v) is 7.61. The van der Waals surface area contributed by atoms with Gasteiger partial charge in [-0.3, -0.25) is 4.79 Å². The van der Waals surface area contributed by atoms with Gasteiger partial charge in [-0.15, -0.1) is 0 Å². The number of nitrogens with zero attached hydrogens (tertiary/aromatic N) is 1. The first-order valence-corrected chi connectivity index (χ1v) is 9.21. The molecule has 0 bridgehead atoms. The Balaban J connectivity index is 1.59. The normalized spacial score (nSPS) is 22.2. The smallest absolute Gasteiger partial charge is 0.290 e. The zero-order valence-corrected chi connectivity index (χ0v) is 14.2. The van der Waals surface area contributed by atoms with E-state index in [0.29, 0.717) is 23.8 Å². The Morgan fingerprint density at radius 1 is 1.43 bits per heavy atom. The average molecular weight is 330 g/mol. The molecule has 3 heterocycles. The zero-order valence-electron chi connectivity index (χ0n) is 13.4. The minimum atomic E-state index is 0.0408. The maximum Gasteiger partial charge on any atom is 0.290 e. The molecule has 1 N–H and O–H groups in total. The largest absolute Gasteiger partial charge is 0.459 e. The molecule has 4 rings (SSSR count). The van der Waals surface area contributed by atoms with E-state index < -0.39 is 0 Å². The highest BCUT2D eigenvalue weighted by atomic mass is 32.1. The summed E-state index contributed by atoms with van der Waals surface area (Å²) in [6.07, 6.45) is 5.08. The lowest BCUT2D eigenvalue weighted by Gasteiger charge is -2.29. The average Bonchev–Trinajstić information content (AvgIpc) is 2.97. The fourth-order valence-corrected chi connectivity index (χ4v) is 4.51. The number of rotatable bonds is 4. The molecule has 1 saturated heterocycles. The number of hydrogen-bond acceptors (Lipinski definition) is 4. The van der Waals surface area contributed by atoms with Crippen molar-refractivity contribution in [1.82, 2.24) is 10.2 Å². The van der Waals surface area contributed by atoms with E-state index in [0.717, 1.165) is 25.1 Å². The Labute approximate surface area is 140 Å². The monoisotopic (exact) mass is 330 g/mol. The van der Waals surface area contributed by atoms with E-state index in [-0.39, 0.29) is 5.91 Å². The molecule has 1 aliphatic carbocycles. The lowest BCUT2D eigenvalue weighted by atomic mass is 9.93. The van der Waals surface area contributed by atoms with Gasteiger partial charge in [-0.2, -0.15) is 11.3 Å². The molecule has 2 aliphatic rings. The Morgan fingerprint density at radius 3 is 2.91 bits per heavy atom. The summed E-state index contributed by atoms with van der Waals surface area (Å²) in [5, 5.41) is 7.64. The van der Waals surface area contributed by atoms with Crippen LogP contribution >= 0.6 is 11.3 Å². The highest BCUT2D eigenvalue weighted by Gasteiger charge is 2.58. The SMILES string of the molecule is Cc1ccoc1C(=O)N(Cc1ccsc1)[C@H]1CC12CCNCC2. The van der Waals surface area contributed by atoms with Crippen LogP contribution in [-0.4, -0.2) is 29.9 Å². The van der Waals surface area contributed by atoms with E-state index in [2.05, 4.69) is 27.0 Å². The number of furan rings is 1. The summed E-state index contributed by atoms with van der Waals surface area (Å²) in [6.45, 7) is 4.75. The molecule has 5 heteroatoms. The van der Waals surface area contributed by atoms with Crippen LogP contribution in [-0.2, 0) is 6.54 Å². The lowest BCUT2D eigenvalue weighted by molar-refractivity contribution is 0.0659. The van der Waals surface area contributed by atoms with Gasteiger partial charge >= 0.3 is 0 Å². The highest BCUT2D eigenvalue weighted by molar-refractivity contribution is 7.07. The van der Waals surface area contributed by atoms with Gasteiger partial charge in [0.05, 0.1) is 6.26 Å². The second-order valence-electron chi connectivity index (χ2n) is 6.83. The molecule has 2 fully saturated rings. The number of thiophene rings is 1. The fourth-order valence-electron chi connectivity index (χ4n) is 3.85. The van der Waals surface area contributed by atoms with E-state index in [9.17, 15) is 4.79 Å². The van der Waals surface area contributed by atoms with Gasteiger partial charge in [-0.25, -0.2) is 0 Å². The molecule has 1 saturated carbocycles. The molecule has 23 heavy (non-hydrogen) atoms. The number of hydrogen-bond donors (Lipinski definition) is 1. The Hall–Kier alpha value is -1.59. The highest BCUT2D eigenvalue weighted by Crippen LogP contribution is 2.56. The van der Waals surface area contributed by atoms with E-state index in [4.69, 9.17) is 4.42 Å². The molecule has 1 amide bonds. The number of carbonyl (C=O) groups excluding carboxylic acids is 1. The maximum absolute atomic E-state index is 13.1. The summed E-state index contributed by atoms with van der Waals surface area (Å²) in [4.78, 5) is 15.1. The minimum absolute atomic E-state index is 0.0408. The summed E-state index contributed by atoms with van der Waals surface area (Å²) >= 11 is 1.68. The van der Waals surface area contributed by atoms with Gasteiger partial charge < -0.3 is 14.6 Å². The number of aryl methyl sites for hydroxylation is 1. The van der Waals surface area contributed by atoms with Crippen LogP contribution in [0.25, 0.3) is 0 Å². The van der Waals surface area contributed by atoms with Crippen molar-refractivity contribution in [3.05, 3.63) is 46.0 Å². The second kappa shape index (κ2) is 5.80. The predicted octanol–water partition coefficient (Wildman–Crippen LogP) is 3.43. The first-order valence-electron chi connectivity index (χ1n) is 8.26. The van der Waals surface area contributed by atoms with E-state index in [1.165, 1.54) is 18.4 Å². The van der Waals surface area contributed by atoms with Gasteiger partial charge in [0.2, 0.25) is 0 Å². The van der Waals surface area contributed by atoms with Crippen molar-refractivity contribution in [3.63, 3.8) is 0 Å². The van der Waals surface area contributed by atoms with Crippen molar-refractivity contribution in [2.24, 2.45) is 5.41 Å². The number of carbonyl (C=O) groups is 1. The van der Waals surface area contributed by atoms with Crippen LogP contribution < -0.4 is 5.32 Å². The van der Waals surface area contributed by atoms with Gasteiger partial charge in [0.25, 0.3) is 5.91 Å². The van der Waals surface area contributed by atoms with Gasteiger partial charge in [0, 0.05) is 18.2 Å². The molecule has 2 aromatic heterocycles. The molecule has 1 atom stereocenters. The van der Waals surface area contributed by atoms with Gasteiger partial charge in [0.1, 0.15) is 0 Å². The topological polar surface area (TPSA) is 45.5 Å². The molecular formula is C18H22N2O2S. The quantitative estimate of drug-likeness (QED) is 0.934. The third-order valence-electron chi connectivity index (χ3n) is 5.37. The van der Waals surface area contributed by atoms with Crippen LogP contribution in [0.1, 0.15) is 40.9 Å². The summed E-state index contributed by atoms with van der Waals surface area (Å²) in [5.41, 5.74) is 2.46. The Morgan fingerprint density at radius 2 is 2.26 bits per heavy atom. The van der Waals surface area contributed by atoms with Crippen LogP contribution in [0.4, 0.5) is 0 Å². The Kier molecular flexibility index (Phi) is 3.77. The minimum Gasteiger partial charge on any atom is -0.459 e. The van der Waals surface area contributed by atoms with Crippen LogP contribution in [0, 0.1) is 12.3 Å². The van der Waals surface area contributed by atoms with Crippen LogP contribution in [0.15, 0.2) is 33.6 Å². The molecular weight excluding hydrogens is 308 g/mol. The van der Waals surface area contributed by atoms with E-state index in [1.54, 1.807) is 17.6 Å². The maximum atomic E-state index is 13.1. The van der Waals surface area contributed by atoms with Crippen molar-refractivity contribution in [1.29, 1.82) is 0 Å². The molecule has 2 aromatic rings. The Bertz CT molecular complexity index is 686.